The van der Waals surface area contributed by atoms with E-state index in [2.05, 4.69) is 10.3 Å². The third-order valence-corrected chi connectivity index (χ3v) is 1.67. The zero-order valence-corrected chi connectivity index (χ0v) is 7.45. The van der Waals surface area contributed by atoms with E-state index < -0.39 is 5.92 Å². The maximum atomic E-state index is 11.2. The van der Waals surface area contributed by atoms with Gasteiger partial charge in [-0.15, -0.1) is 0 Å². The molecule has 1 aliphatic heterocycles. The van der Waals surface area contributed by atoms with Gasteiger partial charge in [0.1, 0.15) is 5.84 Å². The number of allylic oxidation sites excluding steroid dienone is 1. The minimum Gasteiger partial charge on any atom is -0.349 e. The molecule has 0 aromatic carbocycles. The summed E-state index contributed by atoms with van der Waals surface area (Å²) in [6.07, 6.45) is 3.78. The number of nitriles is 1. The van der Waals surface area contributed by atoms with E-state index in [9.17, 15) is 4.79 Å². The summed E-state index contributed by atoms with van der Waals surface area (Å²) in [7, 11) is 0. The molecule has 0 radical (unpaired) electrons. The SMILES string of the molecule is CCCN=C1NC=CC(=O)C1C#N. The van der Waals surface area contributed by atoms with Crippen LogP contribution in [0.5, 0.6) is 0 Å². The van der Waals surface area contributed by atoms with Crippen molar-refractivity contribution >= 4 is 11.6 Å². The Morgan fingerprint density at radius 1 is 1.77 bits per heavy atom. The van der Waals surface area contributed by atoms with E-state index >= 15 is 0 Å². The Kier molecular flexibility index (Phi) is 3.21. The highest BCUT2D eigenvalue weighted by Crippen LogP contribution is 2.05. The number of aliphatic imine (C=N–C) groups is 1. The molecule has 4 heteroatoms. The Morgan fingerprint density at radius 3 is 3.15 bits per heavy atom. The van der Waals surface area contributed by atoms with Crippen molar-refractivity contribution in [3.63, 3.8) is 0 Å². The van der Waals surface area contributed by atoms with E-state index in [0.717, 1.165) is 6.42 Å². The molecule has 4 nitrogen and oxygen atoms in total. The zero-order chi connectivity index (χ0) is 9.68. The summed E-state index contributed by atoms with van der Waals surface area (Å²) in [5.41, 5.74) is 0. The first kappa shape index (κ1) is 9.46. The van der Waals surface area contributed by atoms with Crippen LogP contribution in [0.4, 0.5) is 0 Å². The Bertz CT molecular complexity index is 298. The third kappa shape index (κ3) is 2.15. The molecule has 1 rings (SSSR count). The van der Waals surface area contributed by atoms with Gasteiger partial charge in [-0.3, -0.25) is 9.79 Å². The minimum absolute atomic E-state index is 0.198. The van der Waals surface area contributed by atoms with Crippen molar-refractivity contribution in [3.05, 3.63) is 12.3 Å². The largest absolute Gasteiger partial charge is 0.349 e. The Hall–Kier alpha value is -1.63. The molecule has 1 N–H and O–H groups in total. The lowest BCUT2D eigenvalue weighted by atomic mass is 10.0. The zero-order valence-electron chi connectivity index (χ0n) is 7.45. The van der Waals surface area contributed by atoms with Crippen molar-refractivity contribution in [2.45, 2.75) is 13.3 Å². The number of rotatable bonds is 2. The maximum absolute atomic E-state index is 11.2. The summed E-state index contributed by atoms with van der Waals surface area (Å²) in [6, 6.07) is 1.92. The van der Waals surface area contributed by atoms with E-state index in [1.165, 1.54) is 12.3 Å². The number of nitrogens with zero attached hydrogens (tertiary/aromatic N) is 2. The predicted octanol–water partition coefficient (Wildman–Crippen LogP) is 0.621. The molecule has 1 unspecified atom stereocenters. The molecule has 68 valence electrons. The number of nitrogens with one attached hydrogen (secondary N) is 1. The fourth-order valence-corrected chi connectivity index (χ4v) is 1.02. The van der Waals surface area contributed by atoms with Gasteiger partial charge in [0.25, 0.3) is 0 Å². The Balaban J connectivity index is 2.80. The summed E-state index contributed by atoms with van der Waals surface area (Å²) in [6.45, 7) is 2.63. The predicted molar refractivity (Wildman–Crippen MR) is 49.0 cm³/mol. The molecule has 0 amide bonds. The van der Waals surface area contributed by atoms with Crippen molar-refractivity contribution in [1.82, 2.24) is 5.32 Å². The number of amidine groups is 1. The normalized spacial score (nSPS) is 24.2. The van der Waals surface area contributed by atoms with E-state index in [0.29, 0.717) is 12.4 Å². The van der Waals surface area contributed by atoms with E-state index in [-0.39, 0.29) is 5.78 Å². The number of carbonyl (C=O) groups is 1. The fourth-order valence-electron chi connectivity index (χ4n) is 1.02. The van der Waals surface area contributed by atoms with Gasteiger partial charge in [0.2, 0.25) is 0 Å². The van der Waals surface area contributed by atoms with Crippen molar-refractivity contribution in [2.75, 3.05) is 6.54 Å². The van der Waals surface area contributed by atoms with Crippen LogP contribution in [0.1, 0.15) is 13.3 Å². The summed E-state index contributed by atoms with van der Waals surface area (Å²) in [4.78, 5) is 15.3. The molecule has 1 heterocycles. The highest BCUT2D eigenvalue weighted by molar-refractivity contribution is 6.13. The lowest BCUT2D eigenvalue weighted by molar-refractivity contribution is -0.115. The van der Waals surface area contributed by atoms with Crippen LogP contribution >= 0.6 is 0 Å². The number of ketones is 1. The fraction of sp³-hybridized carbons (Fsp3) is 0.444. The summed E-state index contributed by atoms with van der Waals surface area (Å²) in [5, 5.41) is 11.5. The first-order valence-corrected chi connectivity index (χ1v) is 4.20. The molecule has 1 aliphatic rings. The quantitative estimate of drug-likeness (QED) is 0.672. The van der Waals surface area contributed by atoms with Gasteiger partial charge in [-0.25, -0.2) is 0 Å². The standard InChI is InChI=1S/C9H11N3O/c1-2-4-11-9-7(6-10)8(13)3-5-12-9/h3,5,7H,2,4H2,1H3,(H,11,12). The number of hydrogen-bond acceptors (Lipinski definition) is 3. The van der Waals surface area contributed by atoms with Gasteiger partial charge >= 0.3 is 0 Å². The average Bonchev–Trinajstić information content (AvgIpc) is 2.15. The molecule has 13 heavy (non-hydrogen) atoms. The monoisotopic (exact) mass is 177 g/mol. The second-order valence-corrected chi connectivity index (χ2v) is 2.71. The van der Waals surface area contributed by atoms with Crippen molar-refractivity contribution in [2.24, 2.45) is 10.9 Å². The van der Waals surface area contributed by atoms with E-state index in [1.54, 1.807) is 0 Å². The van der Waals surface area contributed by atoms with Crippen LogP contribution in [0.25, 0.3) is 0 Å². The molecule has 0 bridgehead atoms. The smallest absolute Gasteiger partial charge is 0.181 e. The molecule has 0 spiro atoms. The lowest BCUT2D eigenvalue weighted by Gasteiger charge is -2.13. The van der Waals surface area contributed by atoms with Gasteiger partial charge in [0.15, 0.2) is 11.7 Å². The Morgan fingerprint density at radius 2 is 2.54 bits per heavy atom. The van der Waals surface area contributed by atoms with Crippen LogP contribution in [-0.2, 0) is 4.79 Å². The van der Waals surface area contributed by atoms with Crippen molar-refractivity contribution < 1.29 is 4.79 Å². The molecule has 0 saturated heterocycles. The number of carbonyl (C=O) groups excluding carboxylic acids is 1. The molecule has 1 atom stereocenters. The molecule has 0 saturated carbocycles. The number of hydrogen-bond donors (Lipinski definition) is 1. The molecular weight excluding hydrogens is 166 g/mol. The van der Waals surface area contributed by atoms with E-state index in [4.69, 9.17) is 5.26 Å². The molecule has 0 aliphatic carbocycles. The Labute approximate surface area is 77.0 Å². The van der Waals surface area contributed by atoms with Crippen LogP contribution in [0.2, 0.25) is 0 Å². The van der Waals surface area contributed by atoms with Gasteiger partial charge in [-0.1, -0.05) is 6.92 Å². The maximum Gasteiger partial charge on any atom is 0.181 e. The van der Waals surface area contributed by atoms with Crippen molar-refractivity contribution in [1.29, 1.82) is 5.26 Å². The summed E-state index contributed by atoms with van der Waals surface area (Å²) >= 11 is 0. The van der Waals surface area contributed by atoms with Crippen LogP contribution in [0.3, 0.4) is 0 Å². The summed E-state index contributed by atoms with van der Waals surface area (Å²) in [5.74, 6) is -0.468. The molecular formula is C9H11N3O. The van der Waals surface area contributed by atoms with Crippen LogP contribution in [0.15, 0.2) is 17.3 Å². The van der Waals surface area contributed by atoms with Gasteiger partial charge in [0, 0.05) is 12.7 Å². The van der Waals surface area contributed by atoms with Crippen LogP contribution in [0, 0.1) is 17.2 Å². The molecule has 0 aromatic rings. The van der Waals surface area contributed by atoms with Gasteiger partial charge in [-0.2, -0.15) is 5.26 Å². The third-order valence-electron chi connectivity index (χ3n) is 1.67. The molecule has 0 aromatic heterocycles. The second-order valence-electron chi connectivity index (χ2n) is 2.71. The summed E-state index contributed by atoms with van der Waals surface area (Å²) < 4.78 is 0. The second kappa shape index (κ2) is 4.41. The average molecular weight is 177 g/mol. The topological polar surface area (TPSA) is 65.2 Å². The van der Waals surface area contributed by atoms with E-state index in [1.807, 2.05) is 13.0 Å². The van der Waals surface area contributed by atoms with Gasteiger partial charge in [-0.05, 0) is 12.5 Å². The van der Waals surface area contributed by atoms with Crippen LogP contribution in [-0.4, -0.2) is 18.2 Å². The minimum atomic E-state index is -0.739. The van der Waals surface area contributed by atoms with Gasteiger partial charge in [0.05, 0.1) is 6.07 Å². The first-order chi connectivity index (χ1) is 6.29. The highest BCUT2D eigenvalue weighted by Gasteiger charge is 2.24. The molecule has 0 fully saturated rings. The van der Waals surface area contributed by atoms with Gasteiger partial charge < -0.3 is 5.32 Å². The van der Waals surface area contributed by atoms with Crippen LogP contribution < -0.4 is 5.32 Å². The van der Waals surface area contributed by atoms with Crippen molar-refractivity contribution in [3.8, 4) is 6.07 Å². The first-order valence-electron chi connectivity index (χ1n) is 4.20. The lowest BCUT2D eigenvalue weighted by Crippen LogP contribution is -2.35. The highest BCUT2D eigenvalue weighted by atomic mass is 16.1.